The number of nitrogens with zero attached hydrogens (tertiary/aromatic N) is 1. The fourth-order valence-electron chi connectivity index (χ4n) is 2.03. The zero-order valence-corrected chi connectivity index (χ0v) is 14.0. The Labute approximate surface area is 142 Å². The number of nitrogens with one attached hydrogen (secondary N) is 1. The van der Waals surface area contributed by atoms with Gasteiger partial charge in [0.05, 0.1) is 23.3 Å². The monoisotopic (exact) mass is 368 g/mol. The number of hydrogen-bond donors (Lipinski definition) is 1. The summed E-state index contributed by atoms with van der Waals surface area (Å²) in [5, 5.41) is 10.7. The van der Waals surface area contributed by atoms with Gasteiger partial charge in [0.15, 0.2) is 0 Å². The number of ether oxygens (including phenoxy) is 1. The van der Waals surface area contributed by atoms with Gasteiger partial charge in [0.1, 0.15) is 10.7 Å². The lowest BCUT2D eigenvalue weighted by atomic mass is 10.2. The van der Waals surface area contributed by atoms with E-state index in [4.69, 9.17) is 0 Å². The molecule has 0 saturated heterocycles. The number of aryl methyl sites for hydroxylation is 1. The van der Waals surface area contributed by atoms with Crippen LogP contribution in [0.5, 0.6) is 0 Å². The number of carbonyl (C=O) groups is 1. The number of benzene rings is 2. The van der Waals surface area contributed by atoms with Gasteiger partial charge in [-0.05, 0) is 36.8 Å². The summed E-state index contributed by atoms with van der Waals surface area (Å²) in [6, 6.07) is 6.28. The summed E-state index contributed by atoms with van der Waals surface area (Å²) in [5.74, 6) is -1.87. The predicted octanol–water partition coefficient (Wildman–Crippen LogP) is 2.63. The van der Waals surface area contributed by atoms with E-state index in [0.29, 0.717) is 0 Å². The fraction of sp³-hybridized carbons (Fsp3) is 0.133. The molecule has 1 N–H and O–H groups in total. The van der Waals surface area contributed by atoms with Crippen molar-refractivity contribution in [1.29, 1.82) is 0 Å². The van der Waals surface area contributed by atoms with Crippen LogP contribution in [0.15, 0.2) is 41.3 Å². The molecule has 2 aromatic carbocycles. The molecule has 8 nitrogen and oxygen atoms in total. The lowest BCUT2D eigenvalue weighted by molar-refractivity contribution is -0.384. The van der Waals surface area contributed by atoms with Crippen LogP contribution < -0.4 is 4.72 Å². The van der Waals surface area contributed by atoms with Gasteiger partial charge in [0.25, 0.3) is 15.7 Å². The highest BCUT2D eigenvalue weighted by molar-refractivity contribution is 7.92. The third-order valence-corrected chi connectivity index (χ3v) is 4.69. The number of hydrogen-bond acceptors (Lipinski definition) is 6. The SMILES string of the molecule is COC(=O)c1ccc(F)c(S(=O)(=O)Nc2ccc([N+](=O)[O-])cc2C)c1. The standard InChI is InChI=1S/C15H13FN2O6S/c1-9-7-11(18(20)21)4-6-13(9)17-25(22,23)14-8-10(15(19)24-2)3-5-12(14)16/h3-8,17H,1-2H3. The molecule has 2 aromatic rings. The number of nitro groups is 1. The van der Waals surface area contributed by atoms with Gasteiger partial charge < -0.3 is 4.74 Å². The van der Waals surface area contributed by atoms with Crippen LogP contribution in [0, 0.1) is 22.9 Å². The number of sulfonamides is 1. The summed E-state index contributed by atoms with van der Waals surface area (Å²) in [4.78, 5) is 20.9. The van der Waals surface area contributed by atoms with Crippen molar-refractivity contribution in [2.24, 2.45) is 0 Å². The summed E-state index contributed by atoms with van der Waals surface area (Å²) in [6.45, 7) is 1.46. The average molecular weight is 368 g/mol. The number of rotatable bonds is 5. The van der Waals surface area contributed by atoms with Crippen molar-refractivity contribution in [1.82, 2.24) is 0 Å². The summed E-state index contributed by atoms with van der Waals surface area (Å²) in [5.41, 5.74) is -0.0141. The molecular formula is C15H13FN2O6S. The number of non-ortho nitro benzene ring substituents is 1. The Balaban J connectivity index is 2.43. The van der Waals surface area contributed by atoms with E-state index in [2.05, 4.69) is 9.46 Å². The number of methoxy groups -OCH3 is 1. The third-order valence-electron chi connectivity index (χ3n) is 3.31. The van der Waals surface area contributed by atoms with E-state index in [0.717, 1.165) is 31.4 Å². The van der Waals surface area contributed by atoms with Crippen LogP contribution >= 0.6 is 0 Å². The predicted molar refractivity (Wildman–Crippen MR) is 86.4 cm³/mol. The molecule has 25 heavy (non-hydrogen) atoms. The Bertz CT molecular complexity index is 958. The zero-order valence-electron chi connectivity index (χ0n) is 13.1. The van der Waals surface area contributed by atoms with E-state index in [9.17, 15) is 27.7 Å². The highest BCUT2D eigenvalue weighted by Gasteiger charge is 2.23. The van der Waals surface area contributed by atoms with Gasteiger partial charge in [-0.15, -0.1) is 0 Å². The minimum absolute atomic E-state index is 0.0495. The maximum absolute atomic E-state index is 13.9. The molecule has 0 bridgehead atoms. The zero-order chi connectivity index (χ0) is 18.8. The van der Waals surface area contributed by atoms with Crippen molar-refractivity contribution in [3.8, 4) is 0 Å². The first-order chi connectivity index (χ1) is 11.7. The van der Waals surface area contributed by atoms with Crippen LogP contribution in [0.25, 0.3) is 0 Å². The van der Waals surface area contributed by atoms with Crippen molar-refractivity contribution < 1.29 is 27.3 Å². The molecule has 2 rings (SSSR count). The van der Waals surface area contributed by atoms with Crippen LogP contribution in [0.1, 0.15) is 15.9 Å². The average Bonchev–Trinajstić information content (AvgIpc) is 2.55. The van der Waals surface area contributed by atoms with Gasteiger partial charge in [-0.3, -0.25) is 14.8 Å². The highest BCUT2D eigenvalue weighted by Crippen LogP contribution is 2.25. The molecule has 0 fully saturated rings. The molecule has 0 aliphatic heterocycles. The fourth-order valence-corrected chi connectivity index (χ4v) is 3.27. The summed E-state index contributed by atoms with van der Waals surface area (Å²) in [6.07, 6.45) is 0. The van der Waals surface area contributed by atoms with Crippen LogP contribution in [-0.4, -0.2) is 26.4 Å². The molecule has 10 heteroatoms. The minimum Gasteiger partial charge on any atom is -0.465 e. The Morgan fingerprint density at radius 2 is 1.92 bits per heavy atom. The van der Waals surface area contributed by atoms with Crippen LogP contribution in [-0.2, 0) is 14.8 Å². The van der Waals surface area contributed by atoms with Gasteiger partial charge in [-0.1, -0.05) is 0 Å². The topological polar surface area (TPSA) is 116 Å². The van der Waals surface area contributed by atoms with Gasteiger partial charge in [0.2, 0.25) is 0 Å². The second-order valence-corrected chi connectivity index (χ2v) is 6.65. The van der Waals surface area contributed by atoms with Crippen molar-refractivity contribution >= 4 is 27.4 Å². The van der Waals surface area contributed by atoms with Crippen LogP contribution in [0.2, 0.25) is 0 Å². The lowest BCUT2D eigenvalue weighted by Gasteiger charge is -2.12. The lowest BCUT2D eigenvalue weighted by Crippen LogP contribution is -2.16. The largest absolute Gasteiger partial charge is 0.465 e. The summed E-state index contributed by atoms with van der Waals surface area (Å²) >= 11 is 0. The maximum atomic E-state index is 13.9. The van der Waals surface area contributed by atoms with Gasteiger partial charge in [-0.2, -0.15) is 0 Å². The van der Waals surface area contributed by atoms with Crippen molar-refractivity contribution in [3.05, 3.63) is 63.5 Å². The van der Waals surface area contributed by atoms with E-state index in [1.54, 1.807) is 0 Å². The molecule has 0 radical (unpaired) electrons. The first-order valence-electron chi connectivity index (χ1n) is 6.81. The molecule has 0 amide bonds. The van der Waals surface area contributed by atoms with Gasteiger partial charge in [0, 0.05) is 12.1 Å². The molecule has 0 unspecified atom stereocenters. The normalized spacial score (nSPS) is 11.0. The Hall–Kier alpha value is -3.01. The molecule has 0 aliphatic rings. The second-order valence-electron chi connectivity index (χ2n) is 5.00. The van der Waals surface area contributed by atoms with E-state index in [1.165, 1.54) is 19.1 Å². The number of halogens is 1. The number of esters is 1. The smallest absolute Gasteiger partial charge is 0.337 e. The second kappa shape index (κ2) is 6.85. The number of carbonyl (C=O) groups excluding carboxylic acids is 1. The van der Waals surface area contributed by atoms with Crippen molar-refractivity contribution in [2.75, 3.05) is 11.8 Å². The molecule has 132 valence electrons. The molecule has 0 saturated carbocycles. The molecule has 0 aromatic heterocycles. The van der Waals surface area contributed by atoms with E-state index in [-0.39, 0.29) is 22.5 Å². The Kier molecular flexibility index (Phi) is 5.02. The maximum Gasteiger partial charge on any atom is 0.337 e. The first kappa shape index (κ1) is 18.3. The quantitative estimate of drug-likeness (QED) is 0.493. The number of nitro benzene ring substituents is 1. The van der Waals surface area contributed by atoms with E-state index < -0.39 is 31.6 Å². The van der Waals surface area contributed by atoms with Crippen molar-refractivity contribution in [2.45, 2.75) is 11.8 Å². The minimum atomic E-state index is -4.37. The van der Waals surface area contributed by atoms with Gasteiger partial charge >= 0.3 is 5.97 Å². The Morgan fingerprint density at radius 3 is 2.48 bits per heavy atom. The van der Waals surface area contributed by atoms with E-state index >= 15 is 0 Å². The molecule has 0 aliphatic carbocycles. The summed E-state index contributed by atoms with van der Waals surface area (Å²) in [7, 11) is -3.26. The Morgan fingerprint density at radius 1 is 1.24 bits per heavy atom. The molecule has 0 heterocycles. The van der Waals surface area contributed by atoms with E-state index in [1.807, 2.05) is 0 Å². The molecule has 0 atom stereocenters. The third kappa shape index (κ3) is 3.91. The van der Waals surface area contributed by atoms with Crippen molar-refractivity contribution in [3.63, 3.8) is 0 Å². The molecular weight excluding hydrogens is 355 g/mol. The summed E-state index contributed by atoms with van der Waals surface area (Å²) < 4.78 is 45.4. The van der Waals surface area contributed by atoms with Gasteiger partial charge in [-0.25, -0.2) is 17.6 Å². The number of anilines is 1. The van der Waals surface area contributed by atoms with Crippen LogP contribution in [0.3, 0.4) is 0 Å². The first-order valence-corrected chi connectivity index (χ1v) is 8.30. The van der Waals surface area contributed by atoms with Crippen LogP contribution in [0.4, 0.5) is 15.8 Å². The molecule has 0 spiro atoms. The highest BCUT2D eigenvalue weighted by atomic mass is 32.2.